The Morgan fingerprint density at radius 1 is 1.33 bits per heavy atom. The van der Waals surface area contributed by atoms with E-state index in [-0.39, 0.29) is 0 Å². The third-order valence-electron chi connectivity index (χ3n) is 3.22. The van der Waals surface area contributed by atoms with Crippen molar-refractivity contribution in [2.24, 2.45) is 0 Å². The molecule has 0 radical (unpaired) electrons. The molecule has 0 saturated carbocycles. The molecule has 0 N–H and O–H groups in total. The van der Waals surface area contributed by atoms with Crippen molar-refractivity contribution in [2.45, 2.75) is 39.4 Å². The molecule has 1 aliphatic rings. The maximum Gasteiger partial charge on any atom is 0.0726 e. The maximum atomic E-state index is 5.81. The van der Waals surface area contributed by atoms with Crippen LogP contribution in [0.1, 0.15) is 28.7 Å². The van der Waals surface area contributed by atoms with Crippen LogP contribution in [0.15, 0.2) is 24.8 Å². The van der Waals surface area contributed by atoms with E-state index in [1.165, 1.54) is 22.3 Å². The van der Waals surface area contributed by atoms with Crippen molar-refractivity contribution < 1.29 is 4.74 Å². The Kier molecular flexibility index (Phi) is 2.92. The lowest BCUT2D eigenvalue weighted by atomic mass is 9.91. The fraction of sp³-hybridized carbons (Fsp3) is 0.429. The van der Waals surface area contributed by atoms with E-state index in [2.05, 4.69) is 32.6 Å². The third-order valence-corrected chi connectivity index (χ3v) is 3.22. The Bertz CT molecular complexity index is 379. The van der Waals surface area contributed by atoms with E-state index in [4.69, 9.17) is 4.74 Å². The molecule has 0 amide bonds. The second-order valence-corrected chi connectivity index (χ2v) is 4.32. The number of rotatable bonds is 2. The first-order valence-electron chi connectivity index (χ1n) is 5.53. The van der Waals surface area contributed by atoms with Gasteiger partial charge in [0.25, 0.3) is 0 Å². The molecule has 1 aliphatic heterocycles. The van der Waals surface area contributed by atoms with E-state index in [0.29, 0.717) is 6.10 Å². The van der Waals surface area contributed by atoms with Crippen molar-refractivity contribution >= 4 is 0 Å². The molecule has 1 heteroatoms. The minimum atomic E-state index is 0.329. The lowest BCUT2D eigenvalue weighted by Gasteiger charge is -2.27. The highest BCUT2D eigenvalue weighted by Crippen LogP contribution is 2.27. The van der Waals surface area contributed by atoms with Crippen LogP contribution in [0.25, 0.3) is 0 Å². The highest BCUT2D eigenvalue weighted by molar-refractivity contribution is 5.41. The summed E-state index contributed by atoms with van der Waals surface area (Å²) < 4.78 is 5.81. The van der Waals surface area contributed by atoms with Gasteiger partial charge >= 0.3 is 0 Å². The largest absolute Gasteiger partial charge is 0.373 e. The Morgan fingerprint density at radius 2 is 2.00 bits per heavy atom. The van der Waals surface area contributed by atoms with Gasteiger partial charge in [-0.1, -0.05) is 18.2 Å². The number of aryl methyl sites for hydroxylation is 2. The SMILES string of the molecule is C=CCC1Cc2c(C)ccc(C)c2CO1. The van der Waals surface area contributed by atoms with Crippen molar-refractivity contribution in [3.05, 3.63) is 47.0 Å². The fourth-order valence-electron chi connectivity index (χ4n) is 2.24. The van der Waals surface area contributed by atoms with Crippen LogP contribution in [-0.4, -0.2) is 6.10 Å². The van der Waals surface area contributed by atoms with E-state index in [9.17, 15) is 0 Å². The zero-order chi connectivity index (χ0) is 10.8. The molecule has 0 spiro atoms. The van der Waals surface area contributed by atoms with Crippen LogP contribution in [0, 0.1) is 13.8 Å². The minimum Gasteiger partial charge on any atom is -0.373 e. The quantitative estimate of drug-likeness (QED) is 0.668. The molecule has 0 aliphatic carbocycles. The summed E-state index contributed by atoms with van der Waals surface area (Å²) in [5.41, 5.74) is 5.64. The maximum absolute atomic E-state index is 5.81. The van der Waals surface area contributed by atoms with Gasteiger partial charge in [0.1, 0.15) is 0 Å². The van der Waals surface area contributed by atoms with Crippen LogP contribution in [0.4, 0.5) is 0 Å². The summed E-state index contributed by atoms with van der Waals surface area (Å²) in [5.74, 6) is 0. The first-order valence-corrected chi connectivity index (χ1v) is 5.53. The molecule has 1 unspecified atom stereocenters. The van der Waals surface area contributed by atoms with Crippen molar-refractivity contribution in [3.63, 3.8) is 0 Å². The molecule has 0 bridgehead atoms. The monoisotopic (exact) mass is 202 g/mol. The molecule has 1 aromatic rings. The van der Waals surface area contributed by atoms with E-state index < -0.39 is 0 Å². The van der Waals surface area contributed by atoms with Crippen LogP contribution in [0.3, 0.4) is 0 Å². The molecular weight excluding hydrogens is 184 g/mol. The van der Waals surface area contributed by atoms with E-state index in [1.54, 1.807) is 0 Å². The molecule has 0 fully saturated rings. The lowest BCUT2D eigenvalue weighted by molar-refractivity contribution is 0.0302. The number of hydrogen-bond donors (Lipinski definition) is 0. The van der Waals surface area contributed by atoms with Gasteiger partial charge in [-0.25, -0.2) is 0 Å². The summed E-state index contributed by atoms with van der Waals surface area (Å²) in [4.78, 5) is 0. The normalized spacial score (nSPS) is 19.7. The third kappa shape index (κ3) is 1.98. The highest BCUT2D eigenvalue weighted by atomic mass is 16.5. The Balaban J connectivity index is 2.32. The Hall–Kier alpha value is -1.08. The first kappa shape index (κ1) is 10.4. The predicted octanol–water partition coefficient (Wildman–Crippen LogP) is 3.32. The topological polar surface area (TPSA) is 9.23 Å². The van der Waals surface area contributed by atoms with Crippen LogP contribution < -0.4 is 0 Å². The summed E-state index contributed by atoms with van der Waals surface area (Å²) in [6.45, 7) is 8.89. The zero-order valence-electron chi connectivity index (χ0n) is 9.55. The molecule has 15 heavy (non-hydrogen) atoms. The Morgan fingerprint density at radius 3 is 2.67 bits per heavy atom. The van der Waals surface area contributed by atoms with Crippen molar-refractivity contribution in [3.8, 4) is 0 Å². The fourth-order valence-corrected chi connectivity index (χ4v) is 2.24. The number of ether oxygens (including phenoxy) is 1. The van der Waals surface area contributed by atoms with Crippen LogP contribution in [-0.2, 0) is 17.8 Å². The first-order chi connectivity index (χ1) is 7.22. The van der Waals surface area contributed by atoms with Gasteiger partial charge in [-0.05, 0) is 48.9 Å². The summed E-state index contributed by atoms with van der Waals surface area (Å²) in [7, 11) is 0. The van der Waals surface area contributed by atoms with Gasteiger partial charge in [-0.15, -0.1) is 6.58 Å². The molecule has 80 valence electrons. The van der Waals surface area contributed by atoms with Gasteiger partial charge in [0, 0.05) is 0 Å². The van der Waals surface area contributed by atoms with Gasteiger partial charge in [0.15, 0.2) is 0 Å². The van der Waals surface area contributed by atoms with E-state index >= 15 is 0 Å². The molecule has 1 aromatic carbocycles. The number of benzene rings is 1. The predicted molar refractivity (Wildman–Crippen MR) is 63.0 cm³/mol. The smallest absolute Gasteiger partial charge is 0.0726 e. The van der Waals surface area contributed by atoms with E-state index in [1.807, 2.05) is 6.08 Å². The average molecular weight is 202 g/mol. The zero-order valence-corrected chi connectivity index (χ0v) is 9.55. The van der Waals surface area contributed by atoms with Crippen LogP contribution >= 0.6 is 0 Å². The summed E-state index contributed by atoms with van der Waals surface area (Å²) in [6.07, 6.45) is 4.26. The van der Waals surface area contributed by atoms with Crippen LogP contribution in [0.5, 0.6) is 0 Å². The highest BCUT2D eigenvalue weighted by Gasteiger charge is 2.20. The summed E-state index contributed by atoms with van der Waals surface area (Å²) in [5, 5.41) is 0. The van der Waals surface area contributed by atoms with Crippen molar-refractivity contribution in [1.29, 1.82) is 0 Å². The lowest BCUT2D eigenvalue weighted by Crippen LogP contribution is -2.23. The summed E-state index contributed by atoms with van der Waals surface area (Å²) in [6, 6.07) is 4.40. The molecule has 0 saturated heterocycles. The van der Waals surface area contributed by atoms with Crippen LogP contribution in [0.2, 0.25) is 0 Å². The second-order valence-electron chi connectivity index (χ2n) is 4.32. The number of fused-ring (bicyclic) bond motifs is 1. The average Bonchev–Trinajstić information content (AvgIpc) is 2.24. The van der Waals surface area contributed by atoms with Gasteiger partial charge in [-0.2, -0.15) is 0 Å². The molecule has 0 aromatic heterocycles. The number of hydrogen-bond acceptors (Lipinski definition) is 1. The van der Waals surface area contributed by atoms with E-state index in [0.717, 1.165) is 19.4 Å². The standard InChI is InChI=1S/C14H18O/c1-4-5-12-8-13-10(2)6-7-11(3)14(13)9-15-12/h4,6-7,12H,1,5,8-9H2,2-3H3. The van der Waals surface area contributed by atoms with Gasteiger partial charge in [0.2, 0.25) is 0 Å². The second kappa shape index (κ2) is 4.19. The van der Waals surface area contributed by atoms with Gasteiger partial charge in [0.05, 0.1) is 12.7 Å². The molecule has 1 heterocycles. The van der Waals surface area contributed by atoms with Gasteiger partial charge in [-0.3, -0.25) is 0 Å². The van der Waals surface area contributed by atoms with Crippen molar-refractivity contribution in [2.75, 3.05) is 0 Å². The van der Waals surface area contributed by atoms with Gasteiger partial charge < -0.3 is 4.74 Å². The molecule has 1 atom stereocenters. The van der Waals surface area contributed by atoms with Crippen molar-refractivity contribution in [1.82, 2.24) is 0 Å². The molecule has 1 nitrogen and oxygen atoms in total. The minimum absolute atomic E-state index is 0.329. The summed E-state index contributed by atoms with van der Waals surface area (Å²) >= 11 is 0. The Labute approximate surface area is 91.8 Å². The molecule has 2 rings (SSSR count). The molecular formula is C14H18O.